The first kappa shape index (κ1) is 17.6. The topological polar surface area (TPSA) is 106 Å². The van der Waals surface area contributed by atoms with E-state index in [1.165, 1.54) is 18.2 Å². The van der Waals surface area contributed by atoms with Crippen LogP contribution in [0.5, 0.6) is 0 Å². The minimum atomic E-state index is -3.87. The maximum atomic E-state index is 12.5. The molecule has 9 heteroatoms. The van der Waals surface area contributed by atoms with E-state index in [2.05, 4.69) is 9.88 Å². The van der Waals surface area contributed by atoms with Crippen LogP contribution in [0.25, 0.3) is 0 Å². The van der Waals surface area contributed by atoms with Crippen LogP contribution in [0.2, 0.25) is 0 Å². The summed E-state index contributed by atoms with van der Waals surface area (Å²) in [7, 11) is -7.36. The zero-order valence-electron chi connectivity index (χ0n) is 13.2. The predicted octanol–water partition coefficient (Wildman–Crippen LogP) is 1.48. The van der Waals surface area contributed by atoms with Crippen molar-refractivity contribution in [2.75, 3.05) is 6.26 Å². The first-order valence-electron chi connectivity index (χ1n) is 6.74. The van der Waals surface area contributed by atoms with Gasteiger partial charge in [-0.1, -0.05) is 11.2 Å². The Labute approximate surface area is 135 Å². The van der Waals surface area contributed by atoms with E-state index in [0.29, 0.717) is 22.6 Å². The van der Waals surface area contributed by atoms with Gasteiger partial charge in [-0.2, -0.15) is 0 Å². The second-order valence-corrected chi connectivity index (χ2v) is 9.08. The zero-order valence-corrected chi connectivity index (χ0v) is 14.9. The van der Waals surface area contributed by atoms with Crippen LogP contribution < -0.4 is 4.72 Å². The average molecular weight is 358 g/mol. The van der Waals surface area contributed by atoms with E-state index in [0.717, 1.165) is 6.26 Å². The number of rotatable bonds is 5. The molecule has 126 valence electrons. The fourth-order valence-corrected chi connectivity index (χ4v) is 4.09. The Morgan fingerprint density at radius 2 is 1.78 bits per heavy atom. The third-order valence-electron chi connectivity index (χ3n) is 3.50. The Kier molecular flexibility index (Phi) is 4.65. The molecule has 0 fully saturated rings. The highest BCUT2D eigenvalue weighted by molar-refractivity contribution is 7.91. The molecule has 23 heavy (non-hydrogen) atoms. The molecule has 0 amide bonds. The van der Waals surface area contributed by atoms with Gasteiger partial charge in [-0.05, 0) is 38.5 Å². The molecule has 0 atom stereocenters. The summed E-state index contributed by atoms with van der Waals surface area (Å²) in [5, 5.41) is 3.76. The van der Waals surface area contributed by atoms with Crippen LogP contribution in [0.15, 0.2) is 32.5 Å². The van der Waals surface area contributed by atoms with Crippen molar-refractivity contribution in [2.45, 2.75) is 37.1 Å². The van der Waals surface area contributed by atoms with Gasteiger partial charge in [0.15, 0.2) is 9.84 Å². The van der Waals surface area contributed by atoms with Crippen LogP contribution in [0, 0.1) is 20.8 Å². The summed E-state index contributed by atoms with van der Waals surface area (Å²) >= 11 is 0. The molecule has 0 aliphatic rings. The summed E-state index contributed by atoms with van der Waals surface area (Å²) in [4.78, 5) is -0.104. The number of hydrogen-bond donors (Lipinski definition) is 1. The normalized spacial score (nSPS) is 12.5. The predicted molar refractivity (Wildman–Crippen MR) is 84.3 cm³/mol. The summed E-state index contributed by atoms with van der Waals surface area (Å²) in [5.41, 5.74) is 1.72. The molecule has 0 aliphatic heterocycles. The zero-order chi connectivity index (χ0) is 17.4. The second kappa shape index (κ2) is 6.06. The summed E-state index contributed by atoms with van der Waals surface area (Å²) in [6.07, 6.45) is 1.03. The molecule has 7 nitrogen and oxygen atoms in total. The molecule has 0 radical (unpaired) electrons. The number of nitrogens with one attached hydrogen (secondary N) is 1. The van der Waals surface area contributed by atoms with Gasteiger partial charge in [0.05, 0.1) is 15.5 Å². The largest absolute Gasteiger partial charge is 0.361 e. The highest BCUT2D eigenvalue weighted by Gasteiger charge is 2.21. The number of aryl methyl sites for hydroxylation is 3. The van der Waals surface area contributed by atoms with Crippen LogP contribution in [-0.4, -0.2) is 28.2 Å². The summed E-state index contributed by atoms with van der Waals surface area (Å²) in [6.45, 7) is 5.04. The van der Waals surface area contributed by atoms with Crippen molar-refractivity contribution < 1.29 is 21.4 Å². The van der Waals surface area contributed by atoms with Gasteiger partial charge in [-0.15, -0.1) is 0 Å². The van der Waals surface area contributed by atoms with Crippen LogP contribution in [-0.2, 0) is 26.4 Å². The van der Waals surface area contributed by atoms with Gasteiger partial charge >= 0.3 is 0 Å². The highest BCUT2D eigenvalue weighted by Crippen LogP contribution is 2.21. The van der Waals surface area contributed by atoms with Gasteiger partial charge in [0.1, 0.15) is 5.76 Å². The van der Waals surface area contributed by atoms with Gasteiger partial charge in [0.2, 0.25) is 10.0 Å². The summed E-state index contributed by atoms with van der Waals surface area (Å²) in [6, 6.07) is 4.03. The van der Waals surface area contributed by atoms with E-state index >= 15 is 0 Å². The van der Waals surface area contributed by atoms with Crippen molar-refractivity contribution in [2.24, 2.45) is 0 Å². The standard InChI is InChI=1S/C14H18N2O5S2/c1-9-5-6-12(22(4,17)18)7-14(9)23(19,20)15-8-13-10(2)16-21-11(13)3/h5-7,15H,8H2,1-4H3. The molecule has 1 aromatic heterocycles. The minimum absolute atomic E-state index is 0.0199. The molecule has 2 aromatic rings. The van der Waals surface area contributed by atoms with Crippen molar-refractivity contribution in [3.8, 4) is 0 Å². The van der Waals surface area contributed by atoms with E-state index in [9.17, 15) is 16.8 Å². The molecular formula is C14H18N2O5S2. The quantitative estimate of drug-likeness (QED) is 0.868. The molecule has 0 bridgehead atoms. The van der Waals surface area contributed by atoms with Gasteiger partial charge in [-0.3, -0.25) is 0 Å². The first-order chi connectivity index (χ1) is 10.5. The third-order valence-corrected chi connectivity index (χ3v) is 6.15. The number of benzene rings is 1. The monoisotopic (exact) mass is 358 g/mol. The van der Waals surface area contributed by atoms with Gasteiger partial charge in [0, 0.05) is 18.4 Å². The number of nitrogens with zero attached hydrogens (tertiary/aromatic N) is 1. The first-order valence-corrected chi connectivity index (χ1v) is 10.1. The molecule has 0 saturated heterocycles. The Bertz CT molecular complexity index is 924. The maximum absolute atomic E-state index is 12.5. The lowest BCUT2D eigenvalue weighted by molar-refractivity contribution is 0.392. The maximum Gasteiger partial charge on any atom is 0.241 e. The van der Waals surface area contributed by atoms with Crippen molar-refractivity contribution in [1.82, 2.24) is 9.88 Å². The molecule has 2 rings (SSSR count). The van der Waals surface area contributed by atoms with Gasteiger partial charge < -0.3 is 4.52 Å². The SMILES string of the molecule is Cc1ccc(S(C)(=O)=O)cc1S(=O)(=O)NCc1c(C)noc1C. The van der Waals surface area contributed by atoms with Crippen molar-refractivity contribution in [3.05, 3.63) is 40.8 Å². The molecule has 0 spiro atoms. The smallest absolute Gasteiger partial charge is 0.241 e. The van der Waals surface area contributed by atoms with Gasteiger partial charge in [-0.25, -0.2) is 21.6 Å². The fraction of sp³-hybridized carbons (Fsp3) is 0.357. The number of hydrogen-bond acceptors (Lipinski definition) is 6. The van der Waals surface area contributed by atoms with Crippen LogP contribution >= 0.6 is 0 Å². The third kappa shape index (κ3) is 3.80. The van der Waals surface area contributed by atoms with Crippen molar-refractivity contribution in [3.63, 3.8) is 0 Å². The Balaban J connectivity index is 2.37. The summed E-state index contributed by atoms with van der Waals surface area (Å²) in [5.74, 6) is 0.534. The molecule has 1 heterocycles. The molecule has 1 N–H and O–H groups in total. The van der Waals surface area contributed by atoms with E-state index in [1.54, 1.807) is 20.8 Å². The highest BCUT2D eigenvalue weighted by atomic mass is 32.2. The molecular weight excluding hydrogens is 340 g/mol. The van der Waals surface area contributed by atoms with Crippen LogP contribution in [0.4, 0.5) is 0 Å². The van der Waals surface area contributed by atoms with E-state index in [1.807, 2.05) is 0 Å². The fourth-order valence-electron chi connectivity index (χ4n) is 2.10. The molecule has 1 aromatic carbocycles. The molecule has 0 unspecified atom stereocenters. The number of aromatic nitrogens is 1. The lowest BCUT2D eigenvalue weighted by Gasteiger charge is -2.10. The number of sulfone groups is 1. The van der Waals surface area contributed by atoms with Crippen molar-refractivity contribution >= 4 is 19.9 Å². The lowest BCUT2D eigenvalue weighted by Crippen LogP contribution is -2.24. The minimum Gasteiger partial charge on any atom is -0.361 e. The van der Waals surface area contributed by atoms with Gasteiger partial charge in [0.25, 0.3) is 0 Å². The Morgan fingerprint density at radius 1 is 1.13 bits per heavy atom. The van der Waals surface area contributed by atoms with Crippen LogP contribution in [0.1, 0.15) is 22.6 Å². The van der Waals surface area contributed by atoms with E-state index in [4.69, 9.17) is 4.52 Å². The van der Waals surface area contributed by atoms with E-state index < -0.39 is 19.9 Å². The second-order valence-electron chi connectivity index (χ2n) is 5.33. The number of sulfonamides is 1. The summed E-state index contributed by atoms with van der Waals surface area (Å²) < 4.78 is 55.7. The van der Waals surface area contributed by atoms with Crippen LogP contribution in [0.3, 0.4) is 0 Å². The Hall–Kier alpha value is -1.71. The van der Waals surface area contributed by atoms with Crippen molar-refractivity contribution in [1.29, 1.82) is 0 Å². The Morgan fingerprint density at radius 3 is 2.30 bits per heavy atom. The lowest BCUT2D eigenvalue weighted by atomic mass is 10.2. The molecule has 0 saturated carbocycles. The molecule has 0 aliphatic carbocycles. The van der Waals surface area contributed by atoms with E-state index in [-0.39, 0.29) is 16.3 Å². The average Bonchev–Trinajstić information content (AvgIpc) is 2.75.